The van der Waals surface area contributed by atoms with Crippen molar-refractivity contribution < 1.29 is 32.6 Å². The van der Waals surface area contributed by atoms with Crippen LogP contribution in [0, 0.1) is 18.8 Å². The first-order valence-electron chi connectivity index (χ1n) is 17.1. The lowest BCUT2D eigenvalue weighted by atomic mass is 9.88. The summed E-state index contributed by atoms with van der Waals surface area (Å²) in [5, 5.41) is 13.3. The summed E-state index contributed by atoms with van der Waals surface area (Å²) in [5.41, 5.74) is 1.80. The molecule has 1 saturated carbocycles. The van der Waals surface area contributed by atoms with E-state index in [9.17, 15) is 23.1 Å². The van der Waals surface area contributed by atoms with Gasteiger partial charge < -0.3 is 24.8 Å². The van der Waals surface area contributed by atoms with Crippen LogP contribution in [-0.4, -0.2) is 86.1 Å². The number of aliphatic hydroxyl groups excluding tert-OH is 1. The molecule has 11 heteroatoms. The summed E-state index contributed by atoms with van der Waals surface area (Å²) in [5.74, 6) is -0.281. The Hall–Kier alpha value is -2.99. The molecular formula is C36H53N3O7S. The van der Waals surface area contributed by atoms with E-state index in [1.165, 1.54) is 4.31 Å². The quantitative estimate of drug-likeness (QED) is 0.373. The topological polar surface area (TPSA) is 125 Å². The Bertz CT molecular complexity index is 1440. The molecule has 4 rings (SSSR count). The molecule has 2 amide bonds. The number of benzene rings is 2. The second-order valence-corrected chi connectivity index (χ2v) is 15.5. The molecule has 2 aliphatic rings. The minimum atomic E-state index is -3.77. The zero-order valence-corrected chi connectivity index (χ0v) is 29.4. The van der Waals surface area contributed by atoms with Crippen molar-refractivity contribution in [3.05, 3.63) is 53.6 Å². The van der Waals surface area contributed by atoms with Crippen LogP contribution in [0.4, 0.5) is 5.69 Å². The lowest BCUT2D eigenvalue weighted by Crippen LogP contribution is -2.48. The fourth-order valence-electron chi connectivity index (χ4n) is 6.31. The van der Waals surface area contributed by atoms with Gasteiger partial charge in [0, 0.05) is 44.3 Å². The Kier molecular flexibility index (Phi) is 13.2. The average molecular weight is 672 g/mol. The lowest BCUT2D eigenvalue weighted by molar-refractivity contribution is -0.120. The first-order valence-corrected chi connectivity index (χ1v) is 18.5. The van der Waals surface area contributed by atoms with Gasteiger partial charge >= 0.3 is 0 Å². The van der Waals surface area contributed by atoms with Crippen molar-refractivity contribution in [1.29, 1.82) is 0 Å². The van der Waals surface area contributed by atoms with Gasteiger partial charge in [0.1, 0.15) is 5.75 Å². The number of ether oxygens (including phenoxy) is 2. The van der Waals surface area contributed by atoms with Gasteiger partial charge in [0.05, 0.1) is 35.3 Å². The maximum atomic E-state index is 14.4. The molecule has 1 aliphatic carbocycles. The van der Waals surface area contributed by atoms with Crippen LogP contribution in [-0.2, 0) is 19.6 Å². The smallest absolute Gasteiger partial charge is 0.258 e. The third kappa shape index (κ3) is 9.78. The summed E-state index contributed by atoms with van der Waals surface area (Å²) in [7, 11) is -2.22. The van der Waals surface area contributed by atoms with Gasteiger partial charge in [-0.25, -0.2) is 8.42 Å². The molecule has 260 valence electrons. The van der Waals surface area contributed by atoms with Gasteiger partial charge in [0.25, 0.3) is 5.91 Å². The number of carbonyl (C=O) groups excluding carboxylic acids is 2. The summed E-state index contributed by atoms with van der Waals surface area (Å²) in [6, 6.07) is 11.4. The Morgan fingerprint density at radius 3 is 2.40 bits per heavy atom. The molecule has 2 aromatic carbocycles. The van der Waals surface area contributed by atoms with E-state index in [1.54, 1.807) is 61.3 Å². The van der Waals surface area contributed by atoms with Gasteiger partial charge in [-0.15, -0.1) is 0 Å². The maximum Gasteiger partial charge on any atom is 0.258 e. The van der Waals surface area contributed by atoms with Gasteiger partial charge in [-0.05, 0) is 83.2 Å². The number of hydrogen-bond donors (Lipinski definition) is 2. The van der Waals surface area contributed by atoms with Crippen LogP contribution in [0.5, 0.6) is 5.75 Å². The zero-order valence-electron chi connectivity index (χ0n) is 28.6. The van der Waals surface area contributed by atoms with E-state index < -0.39 is 22.2 Å². The van der Waals surface area contributed by atoms with Crippen molar-refractivity contribution in [3.63, 3.8) is 0 Å². The molecular weight excluding hydrogens is 618 g/mol. The number of nitrogens with one attached hydrogen (secondary N) is 1. The predicted octanol–water partition coefficient (Wildman–Crippen LogP) is 5.63. The minimum Gasteiger partial charge on any atom is -0.490 e. The molecule has 10 nitrogen and oxygen atoms in total. The van der Waals surface area contributed by atoms with Crippen molar-refractivity contribution in [1.82, 2.24) is 9.21 Å². The number of sulfonamides is 1. The number of hydrogen-bond acceptors (Lipinski definition) is 7. The number of nitrogens with zero attached hydrogens (tertiary/aromatic N) is 2. The van der Waals surface area contributed by atoms with Gasteiger partial charge in [-0.2, -0.15) is 4.31 Å². The largest absolute Gasteiger partial charge is 0.490 e. The Morgan fingerprint density at radius 1 is 1.04 bits per heavy atom. The van der Waals surface area contributed by atoms with Crippen LogP contribution in [0.3, 0.4) is 0 Å². The first kappa shape index (κ1) is 36.8. The molecule has 2 aromatic rings. The van der Waals surface area contributed by atoms with Crippen LogP contribution in [0.25, 0.3) is 0 Å². The summed E-state index contributed by atoms with van der Waals surface area (Å²) in [4.78, 5) is 29.3. The molecule has 0 saturated heterocycles. The number of aliphatic hydroxyl groups is 1. The standard InChI is InChI=1S/C36H53N3O7S/c1-25-14-17-31(18-15-25)47(43,44)38(5)23-34-26(2)22-39(27(3)24-40)36(42)32-21-30(37-35(41)29-12-7-6-8-13-29)16-19-33(32)46-28(4)11-9-10-20-45-34/h14-19,21,26-29,34,40H,6-13,20,22-24H2,1-5H3,(H,37,41)/t26-,27-,28+,34-/m0/s1. The third-order valence-electron chi connectivity index (χ3n) is 9.46. The normalized spacial score (nSPS) is 23.0. The number of aryl methyl sites for hydroxylation is 1. The fourth-order valence-corrected chi connectivity index (χ4v) is 7.50. The van der Waals surface area contributed by atoms with Crippen LogP contribution >= 0.6 is 0 Å². The van der Waals surface area contributed by atoms with E-state index in [4.69, 9.17) is 9.47 Å². The summed E-state index contributed by atoms with van der Waals surface area (Å²) in [6.07, 6.45) is 6.57. The number of fused-ring (bicyclic) bond motifs is 1. The average Bonchev–Trinajstić information content (AvgIpc) is 3.06. The van der Waals surface area contributed by atoms with Gasteiger partial charge in [-0.3, -0.25) is 9.59 Å². The van der Waals surface area contributed by atoms with Gasteiger partial charge in [-0.1, -0.05) is 43.9 Å². The number of rotatable bonds is 8. The SMILES string of the molecule is Cc1ccc(S(=O)(=O)N(C)C[C@@H]2OCCCC[C@@H](C)Oc3ccc(NC(=O)C4CCCCC4)cc3C(=O)N([C@@H](C)CO)C[C@@H]2C)cc1. The van der Waals surface area contributed by atoms with Crippen molar-refractivity contribution in [2.45, 2.75) is 102 Å². The summed E-state index contributed by atoms with van der Waals surface area (Å²) < 4.78 is 40.9. The fraction of sp³-hybridized carbons (Fsp3) is 0.611. The van der Waals surface area contributed by atoms with E-state index in [0.717, 1.165) is 56.9 Å². The molecule has 2 N–H and O–H groups in total. The molecule has 0 aromatic heterocycles. The van der Waals surface area contributed by atoms with E-state index in [2.05, 4.69) is 5.32 Å². The van der Waals surface area contributed by atoms with Crippen LogP contribution in [0.2, 0.25) is 0 Å². The number of anilines is 1. The molecule has 0 spiro atoms. The van der Waals surface area contributed by atoms with E-state index >= 15 is 0 Å². The van der Waals surface area contributed by atoms with Gasteiger partial charge in [0.15, 0.2) is 0 Å². The highest BCUT2D eigenvalue weighted by atomic mass is 32.2. The minimum absolute atomic E-state index is 0.0359. The molecule has 4 atom stereocenters. The molecule has 0 unspecified atom stereocenters. The van der Waals surface area contributed by atoms with Crippen molar-refractivity contribution in [2.24, 2.45) is 11.8 Å². The summed E-state index contributed by atoms with van der Waals surface area (Å²) in [6.45, 7) is 8.05. The predicted molar refractivity (Wildman–Crippen MR) is 183 cm³/mol. The molecule has 0 radical (unpaired) electrons. The Labute approximate surface area is 280 Å². The van der Waals surface area contributed by atoms with Gasteiger partial charge in [0.2, 0.25) is 15.9 Å². The van der Waals surface area contributed by atoms with E-state index in [0.29, 0.717) is 23.6 Å². The van der Waals surface area contributed by atoms with Crippen molar-refractivity contribution in [3.8, 4) is 5.75 Å². The van der Waals surface area contributed by atoms with E-state index in [-0.39, 0.29) is 54.3 Å². The second kappa shape index (κ2) is 16.9. The van der Waals surface area contributed by atoms with E-state index in [1.807, 2.05) is 20.8 Å². The van der Waals surface area contributed by atoms with Crippen LogP contribution in [0.15, 0.2) is 47.4 Å². The zero-order chi connectivity index (χ0) is 34.1. The molecule has 0 bridgehead atoms. The summed E-state index contributed by atoms with van der Waals surface area (Å²) >= 11 is 0. The Balaban J connectivity index is 1.62. The number of carbonyl (C=O) groups is 2. The van der Waals surface area contributed by atoms with Crippen LogP contribution < -0.4 is 10.1 Å². The number of likely N-dealkylation sites (N-methyl/N-ethyl adjacent to an activating group) is 1. The molecule has 1 fully saturated rings. The lowest BCUT2D eigenvalue weighted by Gasteiger charge is -2.35. The molecule has 1 aliphatic heterocycles. The maximum absolute atomic E-state index is 14.4. The Morgan fingerprint density at radius 2 is 1.72 bits per heavy atom. The highest BCUT2D eigenvalue weighted by Gasteiger charge is 2.32. The monoisotopic (exact) mass is 671 g/mol. The molecule has 47 heavy (non-hydrogen) atoms. The van der Waals surface area contributed by atoms with Crippen molar-refractivity contribution >= 4 is 27.5 Å². The second-order valence-electron chi connectivity index (χ2n) is 13.4. The third-order valence-corrected chi connectivity index (χ3v) is 11.3. The highest BCUT2D eigenvalue weighted by molar-refractivity contribution is 7.89. The molecule has 1 heterocycles. The van der Waals surface area contributed by atoms with Crippen LogP contribution in [0.1, 0.15) is 88.1 Å². The number of amides is 2. The first-order chi connectivity index (χ1) is 22.4. The highest BCUT2D eigenvalue weighted by Crippen LogP contribution is 2.30. The van der Waals surface area contributed by atoms with Crippen molar-refractivity contribution in [2.75, 3.05) is 38.7 Å².